The van der Waals surface area contributed by atoms with Crippen LogP contribution in [0, 0.1) is 5.92 Å². The van der Waals surface area contributed by atoms with E-state index < -0.39 is 0 Å². The van der Waals surface area contributed by atoms with Crippen molar-refractivity contribution in [1.29, 1.82) is 0 Å². The summed E-state index contributed by atoms with van der Waals surface area (Å²) in [6.07, 6.45) is 3.59. The molecule has 0 radical (unpaired) electrons. The molecule has 5 nitrogen and oxygen atoms in total. The second kappa shape index (κ2) is 9.53. The Morgan fingerprint density at radius 2 is 2.04 bits per heavy atom. The Hall–Kier alpha value is -1.59. The molecule has 2 rings (SSSR count). The molecule has 0 aromatic heterocycles. The number of hydrogen-bond acceptors (Lipinski definition) is 5. The lowest BCUT2D eigenvalue weighted by Crippen LogP contribution is -2.32. The van der Waals surface area contributed by atoms with Crippen molar-refractivity contribution in [3.8, 4) is 5.75 Å². The van der Waals surface area contributed by atoms with Gasteiger partial charge < -0.3 is 20.0 Å². The van der Waals surface area contributed by atoms with Gasteiger partial charge >= 0.3 is 0 Å². The van der Waals surface area contributed by atoms with E-state index in [1.807, 2.05) is 26.0 Å². The first kappa shape index (κ1) is 17.8. The Kier molecular flexibility index (Phi) is 7.36. The van der Waals surface area contributed by atoms with Crippen LogP contribution in [0.3, 0.4) is 0 Å². The Morgan fingerprint density at radius 1 is 1.30 bits per heavy atom. The summed E-state index contributed by atoms with van der Waals surface area (Å²) in [6.45, 7) is 6.57. The second-order valence-corrected chi connectivity index (χ2v) is 6.40. The molecular formula is C18H28N2O3. The normalized spacial score (nSPS) is 15.2. The molecule has 1 aromatic rings. The fourth-order valence-electron chi connectivity index (χ4n) is 2.08. The molecule has 23 heavy (non-hydrogen) atoms. The number of benzene rings is 1. The predicted molar refractivity (Wildman–Crippen MR) is 91.5 cm³/mol. The molecule has 2 N–H and O–H groups in total. The van der Waals surface area contributed by atoms with Gasteiger partial charge in [-0.25, -0.2) is 0 Å². The molecule has 1 saturated carbocycles. The van der Waals surface area contributed by atoms with E-state index in [0.717, 1.165) is 31.3 Å². The van der Waals surface area contributed by atoms with Crippen LogP contribution in [0.25, 0.3) is 0 Å². The van der Waals surface area contributed by atoms with E-state index in [4.69, 9.17) is 14.7 Å². The Bertz CT molecular complexity index is 482. The van der Waals surface area contributed by atoms with Crippen molar-refractivity contribution in [3.05, 3.63) is 29.8 Å². The minimum absolute atomic E-state index is 0.278. The minimum Gasteiger partial charge on any atom is -0.487 e. The fraction of sp³-hybridized carbons (Fsp3) is 0.611. The molecular weight excluding hydrogens is 292 g/mol. The van der Waals surface area contributed by atoms with Crippen molar-refractivity contribution in [3.63, 3.8) is 0 Å². The third-order valence-electron chi connectivity index (χ3n) is 3.77. The summed E-state index contributed by atoms with van der Waals surface area (Å²) in [7, 11) is 0. The number of nitrogens with one attached hydrogen (secondary N) is 1. The molecule has 0 aliphatic heterocycles. The number of hydrogen-bond donors (Lipinski definition) is 2. The number of nitrogens with zero attached hydrogens (tertiary/aromatic N) is 1. The third-order valence-corrected chi connectivity index (χ3v) is 3.77. The molecule has 1 aromatic carbocycles. The highest BCUT2D eigenvalue weighted by molar-refractivity contribution is 5.87. The van der Waals surface area contributed by atoms with E-state index in [1.54, 1.807) is 0 Å². The number of ether oxygens (including phenoxy) is 2. The van der Waals surface area contributed by atoms with E-state index in [9.17, 15) is 0 Å². The van der Waals surface area contributed by atoms with Crippen LogP contribution in [-0.2, 0) is 11.2 Å². The van der Waals surface area contributed by atoms with Gasteiger partial charge in [-0.15, -0.1) is 0 Å². The van der Waals surface area contributed by atoms with Crippen LogP contribution in [0.1, 0.15) is 32.3 Å². The van der Waals surface area contributed by atoms with Crippen molar-refractivity contribution in [2.75, 3.05) is 26.4 Å². The van der Waals surface area contributed by atoms with E-state index in [-0.39, 0.29) is 6.61 Å². The Balaban J connectivity index is 1.66. The topological polar surface area (TPSA) is 63.1 Å². The van der Waals surface area contributed by atoms with Crippen LogP contribution < -0.4 is 10.1 Å². The highest BCUT2D eigenvalue weighted by Crippen LogP contribution is 2.28. The SMILES string of the molecule is CC(C)NC/C(COc1ccc(CCOCC2CC2)cc1)=N/O. The zero-order valence-corrected chi connectivity index (χ0v) is 14.1. The number of oxime groups is 1. The molecule has 128 valence electrons. The first-order valence-corrected chi connectivity index (χ1v) is 8.40. The molecule has 1 fully saturated rings. The van der Waals surface area contributed by atoms with E-state index in [2.05, 4.69) is 22.6 Å². The zero-order valence-electron chi connectivity index (χ0n) is 14.1. The summed E-state index contributed by atoms with van der Waals surface area (Å²) < 4.78 is 11.3. The summed E-state index contributed by atoms with van der Waals surface area (Å²) in [4.78, 5) is 0. The molecule has 1 aliphatic rings. The van der Waals surface area contributed by atoms with E-state index in [0.29, 0.717) is 18.3 Å². The fourth-order valence-corrected chi connectivity index (χ4v) is 2.08. The molecule has 0 heterocycles. The summed E-state index contributed by atoms with van der Waals surface area (Å²) in [5.74, 6) is 1.59. The average Bonchev–Trinajstić information content (AvgIpc) is 3.37. The highest BCUT2D eigenvalue weighted by Gasteiger charge is 2.20. The standard InChI is InChI=1S/C18H28N2O3/c1-14(2)19-11-17(20-21)13-23-18-7-5-15(6-8-18)9-10-22-12-16-3-4-16/h5-8,14,16,19,21H,3-4,9-13H2,1-2H3/b20-17-. The van der Waals surface area contributed by atoms with Gasteiger partial charge in [-0.05, 0) is 42.9 Å². The second-order valence-electron chi connectivity index (χ2n) is 6.40. The molecule has 0 saturated heterocycles. The molecule has 0 bridgehead atoms. The van der Waals surface area contributed by atoms with Gasteiger partial charge in [0.05, 0.1) is 6.61 Å². The maximum absolute atomic E-state index is 8.98. The summed E-state index contributed by atoms with van der Waals surface area (Å²) in [6, 6.07) is 8.34. The Labute approximate surface area is 138 Å². The largest absolute Gasteiger partial charge is 0.487 e. The zero-order chi connectivity index (χ0) is 16.5. The van der Waals surface area contributed by atoms with Crippen molar-refractivity contribution in [1.82, 2.24) is 5.32 Å². The van der Waals surface area contributed by atoms with Gasteiger partial charge in [0.2, 0.25) is 0 Å². The quantitative estimate of drug-likeness (QED) is 0.285. The average molecular weight is 320 g/mol. The van der Waals surface area contributed by atoms with Crippen LogP contribution >= 0.6 is 0 Å². The maximum Gasteiger partial charge on any atom is 0.131 e. The lowest BCUT2D eigenvalue weighted by Gasteiger charge is -2.11. The first-order valence-electron chi connectivity index (χ1n) is 8.40. The molecule has 5 heteroatoms. The van der Waals surface area contributed by atoms with Gasteiger partial charge in [-0.3, -0.25) is 0 Å². The smallest absolute Gasteiger partial charge is 0.131 e. The third kappa shape index (κ3) is 7.48. The molecule has 0 spiro atoms. The van der Waals surface area contributed by atoms with Gasteiger partial charge in [0.25, 0.3) is 0 Å². The van der Waals surface area contributed by atoms with Crippen molar-refractivity contribution >= 4 is 5.71 Å². The van der Waals surface area contributed by atoms with Crippen LogP contribution in [0.15, 0.2) is 29.4 Å². The number of rotatable bonds is 11. The van der Waals surface area contributed by atoms with Gasteiger partial charge in [0.1, 0.15) is 18.1 Å². The molecule has 0 atom stereocenters. The van der Waals surface area contributed by atoms with Crippen LogP contribution in [0.4, 0.5) is 0 Å². The summed E-state index contributed by atoms with van der Waals surface area (Å²) in [5, 5.41) is 15.5. The van der Waals surface area contributed by atoms with Crippen molar-refractivity contribution < 1.29 is 14.7 Å². The predicted octanol–water partition coefficient (Wildman–Crippen LogP) is 2.86. The highest BCUT2D eigenvalue weighted by atomic mass is 16.5. The first-order chi connectivity index (χ1) is 11.2. The van der Waals surface area contributed by atoms with Crippen molar-refractivity contribution in [2.45, 2.75) is 39.2 Å². The van der Waals surface area contributed by atoms with Crippen LogP contribution in [0.2, 0.25) is 0 Å². The van der Waals surface area contributed by atoms with Gasteiger partial charge in [0, 0.05) is 19.2 Å². The van der Waals surface area contributed by atoms with Crippen LogP contribution in [-0.4, -0.2) is 43.3 Å². The lowest BCUT2D eigenvalue weighted by molar-refractivity contribution is 0.127. The van der Waals surface area contributed by atoms with Gasteiger partial charge in [-0.2, -0.15) is 0 Å². The molecule has 0 amide bonds. The molecule has 1 aliphatic carbocycles. The Morgan fingerprint density at radius 3 is 2.65 bits per heavy atom. The monoisotopic (exact) mass is 320 g/mol. The summed E-state index contributed by atoms with van der Waals surface area (Å²) >= 11 is 0. The summed E-state index contributed by atoms with van der Waals surface area (Å²) in [5.41, 5.74) is 1.82. The van der Waals surface area contributed by atoms with Crippen molar-refractivity contribution in [2.24, 2.45) is 11.1 Å². The van der Waals surface area contributed by atoms with Gasteiger partial charge in [-0.1, -0.05) is 31.1 Å². The molecule has 0 unspecified atom stereocenters. The van der Waals surface area contributed by atoms with Crippen LogP contribution in [0.5, 0.6) is 5.75 Å². The van der Waals surface area contributed by atoms with E-state index >= 15 is 0 Å². The van der Waals surface area contributed by atoms with E-state index in [1.165, 1.54) is 18.4 Å². The maximum atomic E-state index is 8.98. The van der Waals surface area contributed by atoms with Gasteiger partial charge in [0.15, 0.2) is 0 Å². The minimum atomic E-state index is 0.278. The lowest BCUT2D eigenvalue weighted by atomic mass is 10.1.